The molecule has 19 heavy (non-hydrogen) atoms. The van der Waals surface area contributed by atoms with Gasteiger partial charge in [0.05, 0.1) is 10.6 Å². The minimum Gasteiger partial charge on any atom is -0.311 e. The summed E-state index contributed by atoms with van der Waals surface area (Å²) >= 11 is 11.8. The minimum atomic E-state index is -0.219. The molecule has 0 radical (unpaired) electrons. The number of rotatable bonds is 2. The molecule has 0 aliphatic rings. The molecule has 0 atom stereocenters. The number of pyridine rings is 1. The number of amides is 1. The van der Waals surface area contributed by atoms with Crippen molar-refractivity contribution < 1.29 is 4.79 Å². The van der Waals surface area contributed by atoms with Crippen molar-refractivity contribution in [1.29, 1.82) is 0 Å². The number of carbonyl (C=O) groups is 1. The third kappa shape index (κ3) is 2.88. The summed E-state index contributed by atoms with van der Waals surface area (Å²) in [5.41, 5.74) is 2.18. The van der Waals surface area contributed by atoms with Crippen LogP contribution in [0.3, 0.4) is 0 Å². The molecule has 3 nitrogen and oxygen atoms in total. The zero-order valence-electron chi connectivity index (χ0n) is 10.5. The fourth-order valence-corrected chi connectivity index (χ4v) is 2.15. The first-order chi connectivity index (χ1) is 9.00. The number of aromatic nitrogens is 1. The lowest BCUT2D eigenvalue weighted by Crippen LogP contribution is -2.27. The molecule has 1 heterocycles. The Balaban J connectivity index is 2.39. The fourth-order valence-electron chi connectivity index (χ4n) is 1.81. The van der Waals surface area contributed by atoms with E-state index in [4.69, 9.17) is 23.2 Å². The Bertz CT molecular complexity index is 629. The quantitative estimate of drug-likeness (QED) is 0.785. The second-order valence-electron chi connectivity index (χ2n) is 4.14. The summed E-state index contributed by atoms with van der Waals surface area (Å²) in [6, 6.07) is 9.10. The first kappa shape index (κ1) is 13.8. The van der Waals surface area contributed by atoms with Gasteiger partial charge in [0.1, 0.15) is 5.15 Å². The van der Waals surface area contributed by atoms with Gasteiger partial charge in [-0.3, -0.25) is 4.79 Å². The third-order valence-corrected chi connectivity index (χ3v) is 3.34. The predicted molar refractivity (Wildman–Crippen MR) is 78.2 cm³/mol. The highest BCUT2D eigenvalue weighted by molar-refractivity contribution is 6.35. The molecule has 98 valence electrons. The topological polar surface area (TPSA) is 33.2 Å². The van der Waals surface area contributed by atoms with Crippen LogP contribution in [-0.2, 0) is 0 Å². The maximum Gasteiger partial charge on any atom is 0.259 e. The van der Waals surface area contributed by atoms with Crippen LogP contribution in [0.15, 0.2) is 36.5 Å². The number of halogens is 2. The highest BCUT2D eigenvalue weighted by Gasteiger charge is 2.18. The Hall–Kier alpha value is -1.58. The lowest BCUT2D eigenvalue weighted by molar-refractivity contribution is 0.0993. The molecule has 0 saturated carbocycles. The third-order valence-electron chi connectivity index (χ3n) is 2.83. The van der Waals surface area contributed by atoms with Crippen LogP contribution in [0.5, 0.6) is 0 Å². The lowest BCUT2D eigenvalue weighted by atomic mass is 10.1. The summed E-state index contributed by atoms with van der Waals surface area (Å²) in [6.07, 6.45) is 1.38. The normalized spacial score (nSPS) is 10.3. The van der Waals surface area contributed by atoms with Gasteiger partial charge >= 0.3 is 0 Å². The molecule has 0 aliphatic heterocycles. The van der Waals surface area contributed by atoms with E-state index in [0.717, 1.165) is 11.3 Å². The second-order valence-corrected chi connectivity index (χ2v) is 4.93. The maximum absolute atomic E-state index is 12.4. The van der Waals surface area contributed by atoms with E-state index >= 15 is 0 Å². The van der Waals surface area contributed by atoms with Crippen molar-refractivity contribution in [3.63, 3.8) is 0 Å². The molecule has 1 aromatic carbocycles. The largest absolute Gasteiger partial charge is 0.311 e. The highest BCUT2D eigenvalue weighted by Crippen LogP contribution is 2.24. The van der Waals surface area contributed by atoms with Gasteiger partial charge in [0, 0.05) is 18.9 Å². The van der Waals surface area contributed by atoms with Crippen molar-refractivity contribution in [2.24, 2.45) is 0 Å². The lowest BCUT2D eigenvalue weighted by Gasteiger charge is -2.20. The number of para-hydroxylation sites is 1. The average Bonchev–Trinajstić information content (AvgIpc) is 2.40. The van der Waals surface area contributed by atoms with Gasteiger partial charge in [-0.05, 0) is 24.6 Å². The Labute approximate surface area is 121 Å². The first-order valence-corrected chi connectivity index (χ1v) is 6.41. The second kappa shape index (κ2) is 5.59. The van der Waals surface area contributed by atoms with Crippen LogP contribution in [0.25, 0.3) is 0 Å². The Morgan fingerprint density at radius 2 is 1.95 bits per heavy atom. The van der Waals surface area contributed by atoms with Crippen molar-refractivity contribution in [2.45, 2.75) is 6.92 Å². The van der Waals surface area contributed by atoms with Crippen LogP contribution in [0.2, 0.25) is 10.2 Å². The summed E-state index contributed by atoms with van der Waals surface area (Å²) < 4.78 is 0. The number of nitrogens with zero attached hydrogens (tertiary/aromatic N) is 2. The van der Waals surface area contributed by atoms with E-state index in [1.807, 2.05) is 31.2 Å². The summed E-state index contributed by atoms with van der Waals surface area (Å²) in [6.45, 7) is 1.94. The van der Waals surface area contributed by atoms with Crippen LogP contribution >= 0.6 is 23.2 Å². The maximum atomic E-state index is 12.4. The number of hydrogen-bond donors (Lipinski definition) is 0. The smallest absolute Gasteiger partial charge is 0.259 e. The summed E-state index contributed by atoms with van der Waals surface area (Å²) in [4.78, 5) is 17.8. The molecular formula is C14H12Cl2N2O. The van der Waals surface area contributed by atoms with Gasteiger partial charge in [-0.1, -0.05) is 41.4 Å². The van der Waals surface area contributed by atoms with Crippen LogP contribution in [0.4, 0.5) is 5.69 Å². The molecule has 0 spiro atoms. The van der Waals surface area contributed by atoms with Crippen molar-refractivity contribution in [1.82, 2.24) is 4.98 Å². The van der Waals surface area contributed by atoms with E-state index in [2.05, 4.69) is 4.98 Å². The molecule has 0 aliphatic carbocycles. The monoisotopic (exact) mass is 294 g/mol. The molecule has 0 fully saturated rings. The zero-order valence-corrected chi connectivity index (χ0v) is 12.0. The molecule has 1 aromatic heterocycles. The van der Waals surface area contributed by atoms with Crippen LogP contribution in [0.1, 0.15) is 15.9 Å². The fraction of sp³-hybridized carbons (Fsp3) is 0.143. The summed E-state index contributed by atoms with van der Waals surface area (Å²) in [7, 11) is 1.70. The zero-order chi connectivity index (χ0) is 14.0. The average molecular weight is 295 g/mol. The van der Waals surface area contributed by atoms with Crippen molar-refractivity contribution >= 4 is 34.8 Å². The van der Waals surface area contributed by atoms with Gasteiger partial charge in [0.15, 0.2) is 0 Å². The summed E-state index contributed by atoms with van der Waals surface area (Å²) in [5, 5.41) is 0.528. The Morgan fingerprint density at radius 1 is 1.26 bits per heavy atom. The molecule has 0 unspecified atom stereocenters. The van der Waals surface area contributed by atoms with Gasteiger partial charge in [0.25, 0.3) is 5.91 Å². The number of hydrogen-bond acceptors (Lipinski definition) is 2. The Kier molecular flexibility index (Phi) is 4.08. The number of carbonyl (C=O) groups excluding carboxylic acids is 1. The molecule has 0 N–H and O–H groups in total. The van der Waals surface area contributed by atoms with E-state index < -0.39 is 0 Å². The van der Waals surface area contributed by atoms with E-state index in [1.54, 1.807) is 11.9 Å². The van der Waals surface area contributed by atoms with Crippen LogP contribution < -0.4 is 4.90 Å². The SMILES string of the molecule is Cc1ccccc1N(C)C(=O)c1cc(Cl)ncc1Cl. The molecule has 0 saturated heterocycles. The first-order valence-electron chi connectivity index (χ1n) is 5.65. The number of anilines is 1. The Morgan fingerprint density at radius 3 is 2.63 bits per heavy atom. The van der Waals surface area contributed by atoms with Gasteiger partial charge in [-0.25, -0.2) is 4.98 Å². The van der Waals surface area contributed by atoms with Gasteiger partial charge < -0.3 is 4.90 Å². The van der Waals surface area contributed by atoms with Crippen molar-refractivity contribution in [2.75, 3.05) is 11.9 Å². The number of aryl methyl sites for hydroxylation is 1. The summed E-state index contributed by atoms with van der Waals surface area (Å²) in [5.74, 6) is -0.219. The van der Waals surface area contributed by atoms with Crippen LogP contribution in [0, 0.1) is 6.92 Å². The van der Waals surface area contributed by atoms with Crippen LogP contribution in [-0.4, -0.2) is 17.9 Å². The van der Waals surface area contributed by atoms with E-state index in [1.165, 1.54) is 12.3 Å². The van der Waals surface area contributed by atoms with E-state index in [9.17, 15) is 4.79 Å². The highest BCUT2D eigenvalue weighted by atomic mass is 35.5. The van der Waals surface area contributed by atoms with E-state index in [0.29, 0.717) is 5.56 Å². The molecule has 0 bridgehead atoms. The molecular weight excluding hydrogens is 283 g/mol. The molecule has 1 amide bonds. The van der Waals surface area contributed by atoms with Gasteiger partial charge in [-0.15, -0.1) is 0 Å². The van der Waals surface area contributed by atoms with Crippen molar-refractivity contribution in [3.05, 3.63) is 57.8 Å². The number of benzene rings is 1. The predicted octanol–water partition coefficient (Wildman–Crippen LogP) is 3.97. The van der Waals surface area contributed by atoms with E-state index in [-0.39, 0.29) is 16.1 Å². The minimum absolute atomic E-state index is 0.219. The molecule has 5 heteroatoms. The van der Waals surface area contributed by atoms with Gasteiger partial charge in [0.2, 0.25) is 0 Å². The standard InChI is InChI=1S/C14H12Cl2N2O/c1-9-5-3-4-6-12(9)18(2)14(19)10-7-13(16)17-8-11(10)15/h3-8H,1-2H3. The van der Waals surface area contributed by atoms with Crippen molar-refractivity contribution in [3.8, 4) is 0 Å². The molecule has 2 aromatic rings. The molecule has 2 rings (SSSR count). The van der Waals surface area contributed by atoms with Gasteiger partial charge in [-0.2, -0.15) is 0 Å².